The molecule has 2 rings (SSSR count). The zero-order valence-electron chi connectivity index (χ0n) is 10.2. The van der Waals surface area contributed by atoms with Crippen molar-refractivity contribution in [2.24, 2.45) is 0 Å². The van der Waals surface area contributed by atoms with Crippen molar-refractivity contribution in [3.05, 3.63) is 22.8 Å². The number of aromatic amines is 1. The molecule has 0 amide bonds. The monoisotopic (exact) mass is 269 g/mol. The highest BCUT2D eigenvalue weighted by molar-refractivity contribution is 6.37. The molecular formula is C12H12ClNO4. The van der Waals surface area contributed by atoms with Crippen LogP contribution in [0.3, 0.4) is 0 Å². The van der Waals surface area contributed by atoms with Crippen LogP contribution in [-0.2, 0) is 4.74 Å². The molecule has 1 N–H and O–H groups in total. The minimum atomic E-state index is -0.458. The molecule has 0 aliphatic rings. The number of nitrogens with one attached hydrogen (secondary N) is 1. The lowest BCUT2D eigenvalue weighted by molar-refractivity contribution is 0.0595. The number of H-pyrrole nitrogens is 1. The topological polar surface area (TPSA) is 60.6 Å². The van der Waals surface area contributed by atoms with Crippen molar-refractivity contribution in [3.63, 3.8) is 0 Å². The first-order chi connectivity index (χ1) is 8.62. The summed E-state index contributed by atoms with van der Waals surface area (Å²) in [6.07, 6.45) is 0. The van der Waals surface area contributed by atoms with E-state index in [1.807, 2.05) is 0 Å². The molecule has 0 saturated heterocycles. The Balaban J connectivity index is 2.69. The van der Waals surface area contributed by atoms with Gasteiger partial charge in [0, 0.05) is 11.5 Å². The van der Waals surface area contributed by atoms with Crippen LogP contribution in [0.15, 0.2) is 12.1 Å². The molecule has 5 nitrogen and oxygen atoms in total. The van der Waals surface area contributed by atoms with Crippen LogP contribution < -0.4 is 9.47 Å². The minimum absolute atomic E-state index is 0.324. The average molecular weight is 270 g/mol. The van der Waals surface area contributed by atoms with Crippen molar-refractivity contribution < 1.29 is 19.0 Å². The summed E-state index contributed by atoms with van der Waals surface area (Å²) in [5.41, 5.74) is 1.00. The van der Waals surface area contributed by atoms with Crippen molar-refractivity contribution >= 4 is 28.5 Å². The molecule has 1 heterocycles. The Labute approximate surface area is 109 Å². The molecule has 0 fully saturated rings. The van der Waals surface area contributed by atoms with E-state index in [4.69, 9.17) is 21.1 Å². The normalized spacial score (nSPS) is 10.4. The van der Waals surface area contributed by atoms with Gasteiger partial charge in [0.1, 0.15) is 5.69 Å². The van der Waals surface area contributed by atoms with Gasteiger partial charge < -0.3 is 19.2 Å². The van der Waals surface area contributed by atoms with Gasteiger partial charge >= 0.3 is 5.97 Å². The summed E-state index contributed by atoms with van der Waals surface area (Å²) in [7, 11) is 4.34. The number of halogens is 1. The van der Waals surface area contributed by atoms with E-state index in [9.17, 15) is 4.79 Å². The highest BCUT2D eigenvalue weighted by Crippen LogP contribution is 2.41. The molecule has 1 aromatic heterocycles. The number of carbonyl (C=O) groups is 1. The zero-order chi connectivity index (χ0) is 13.3. The van der Waals surface area contributed by atoms with E-state index >= 15 is 0 Å². The zero-order valence-corrected chi connectivity index (χ0v) is 10.9. The van der Waals surface area contributed by atoms with E-state index in [2.05, 4.69) is 9.72 Å². The second-order valence-electron chi connectivity index (χ2n) is 3.56. The van der Waals surface area contributed by atoms with Gasteiger partial charge in [0.2, 0.25) is 0 Å². The van der Waals surface area contributed by atoms with Crippen molar-refractivity contribution in [3.8, 4) is 11.5 Å². The first-order valence-corrected chi connectivity index (χ1v) is 5.51. The van der Waals surface area contributed by atoms with Crippen molar-refractivity contribution in [2.45, 2.75) is 0 Å². The lowest BCUT2D eigenvalue weighted by atomic mass is 10.2. The van der Waals surface area contributed by atoms with Crippen LogP contribution in [0.4, 0.5) is 0 Å². The van der Waals surface area contributed by atoms with E-state index in [1.54, 1.807) is 12.1 Å². The van der Waals surface area contributed by atoms with Crippen LogP contribution in [0, 0.1) is 0 Å². The minimum Gasteiger partial charge on any atom is -0.493 e. The molecule has 0 aliphatic heterocycles. The number of fused-ring (bicyclic) bond motifs is 1. The first-order valence-electron chi connectivity index (χ1n) is 5.13. The van der Waals surface area contributed by atoms with Crippen molar-refractivity contribution in [1.82, 2.24) is 4.98 Å². The maximum Gasteiger partial charge on any atom is 0.354 e. The van der Waals surface area contributed by atoms with Crippen LogP contribution in [0.5, 0.6) is 11.5 Å². The lowest BCUT2D eigenvalue weighted by Gasteiger charge is -2.09. The summed E-state index contributed by atoms with van der Waals surface area (Å²) in [4.78, 5) is 14.4. The average Bonchev–Trinajstić information content (AvgIpc) is 2.81. The highest BCUT2D eigenvalue weighted by Gasteiger charge is 2.17. The number of methoxy groups -OCH3 is 3. The molecule has 2 aromatic rings. The number of benzene rings is 1. The Bertz CT molecular complexity index is 606. The maximum absolute atomic E-state index is 11.4. The Hall–Kier alpha value is -1.88. The Morgan fingerprint density at radius 1 is 1.22 bits per heavy atom. The third-order valence-corrected chi connectivity index (χ3v) is 2.99. The number of carbonyl (C=O) groups excluding carboxylic acids is 1. The van der Waals surface area contributed by atoms with Crippen LogP contribution in [0.25, 0.3) is 10.9 Å². The molecule has 1 aromatic carbocycles. The first kappa shape index (κ1) is 12.6. The van der Waals surface area contributed by atoms with Crippen molar-refractivity contribution in [1.29, 1.82) is 0 Å². The fourth-order valence-corrected chi connectivity index (χ4v) is 2.08. The van der Waals surface area contributed by atoms with E-state index in [0.717, 1.165) is 0 Å². The molecule has 0 aliphatic carbocycles. The van der Waals surface area contributed by atoms with E-state index in [-0.39, 0.29) is 0 Å². The van der Waals surface area contributed by atoms with Gasteiger partial charge in [-0.25, -0.2) is 4.79 Å². The Morgan fingerprint density at radius 3 is 2.50 bits per heavy atom. The molecule has 0 spiro atoms. The summed E-state index contributed by atoms with van der Waals surface area (Å²) in [5.74, 6) is 0.468. The fraction of sp³-hybridized carbons (Fsp3) is 0.250. The van der Waals surface area contributed by atoms with Crippen LogP contribution in [0.1, 0.15) is 10.5 Å². The number of ether oxygens (including phenoxy) is 3. The van der Waals surface area contributed by atoms with Gasteiger partial charge in [-0.2, -0.15) is 0 Å². The number of aromatic nitrogens is 1. The molecule has 0 unspecified atom stereocenters. The molecule has 0 radical (unpaired) electrons. The SMILES string of the molecule is COC(=O)c1cc2c(Cl)c(OC)c(OC)cc2[nH]1. The number of hydrogen-bond acceptors (Lipinski definition) is 4. The van der Waals surface area contributed by atoms with Gasteiger partial charge in [-0.05, 0) is 6.07 Å². The fourth-order valence-electron chi connectivity index (χ4n) is 1.75. The summed E-state index contributed by atoms with van der Waals surface area (Å²) in [6.45, 7) is 0. The Morgan fingerprint density at radius 2 is 1.94 bits per heavy atom. The number of esters is 1. The quantitative estimate of drug-likeness (QED) is 0.870. The predicted octanol–water partition coefficient (Wildman–Crippen LogP) is 2.63. The third kappa shape index (κ3) is 1.86. The highest BCUT2D eigenvalue weighted by atomic mass is 35.5. The van der Waals surface area contributed by atoms with Gasteiger partial charge in [0.05, 0.1) is 31.9 Å². The molecule has 6 heteroatoms. The smallest absolute Gasteiger partial charge is 0.354 e. The number of hydrogen-bond donors (Lipinski definition) is 1. The molecule has 96 valence electrons. The summed E-state index contributed by atoms with van der Waals surface area (Å²) in [5, 5.41) is 1.06. The van der Waals surface area contributed by atoms with Gasteiger partial charge in [-0.3, -0.25) is 0 Å². The predicted molar refractivity (Wildman–Crippen MR) is 67.8 cm³/mol. The van der Waals surface area contributed by atoms with Gasteiger partial charge in [-0.15, -0.1) is 0 Å². The van der Waals surface area contributed by atoms with E-state index < -0.39 is 5.97 Å². The van der Waals surface area contributed by atoms with Crippen LogP contribution in [-0.4, -0.2) is 32.3 Å². The third-order valence-electron chi connectivity index (χ3n) is 2.61. The van der Waals surface area contributed by atoms with Gasteiger partial charge in [0.15, 0.2) is 11.5 Å². The van der Waals surface area contributed by atoms with Gasteiger partial charge in [-0.1, -0.05) is 11.6 Å². The summed E-state index contributed by atoms with van der Waals surface area (Å²) >= 11 is 6.21. The standard InChI is InChI=1S/C12H12ClNO4/c1-16-9-5-7-6(10(13)11(9)17-2)4-8(14-7)12(15)18-3/h4-5,14H,1-3H3. The molecular weight excluding hydrogens is 258 g/mol. The van der Waals surface area contributed by atoms with E-state index in [0.29, 0.717) is 33.1 Å². The van der Waals surface area contributed by atoms with Crippen LogP contribution >= 0.6 is 11.6 Å². The van der Waals surface area contributed by atoms with E-state index in [1.165, 1.54) is 21.3 Å². The second kappa shape index (κ2) is 4.78. The van der Waals surface area contributed by atoms with Crippen molar-refractivity contribution in [2.75, 3.05) is 21.3 Å². The molecule has 0 bridgehead atoms. The summed E-state index contributed by atoms with van der Waals surface area (Å²) < 4.78 is 15.0. The Kier molecular flexibility index (Phi) is 3.34. The molecule has 0 saturated carbocycles. The van der Waals surface area contributed by atoms with Gasteiger partial charge in [0.25, 0.3) is 0 Å². The molecule has 0 atom stereocenters. The summed E-state index contributed by atoms with van der Waals surface area (Å²) in [6, 6.07) is 3.33. The molecule has 18 heavy (non-hydrogen) atoms. The second-order valence-corrected chi connectivity index (χ2v) is 3.94. The number of rotatable bonds is 3. The maximum atomic E-state index is 11.4. The lowest BCUT2D eigenvalue weighted by Crippen LogP contribution is -2.00. The largest absolute Gasteiger partial charge is 0.493 e. The van der Waals surface area contributed by atoms with Crippen LogP contribution in [0.2, 0.25) is 5.02 Å².